The van der Waals surface area contributed by atoms with Gasteiger partial charge in [-0.15, -0.1) is 6.58 Å². The van der Waals surface area contributed by atoms with Crippen molar-refractivity contribution in [2.24, 2.45) is 0 Å². The van der Waals surface area contributed by atoms with Crippen molar-refractivity contribution in [3.05, 3.63) is 45.8 Å². The molecule has 2 heterocycles. The Morgan fingerprint density at radius 2 is 1.72 bits per heavy atom. The van der Waals surface area contributed by atoms with E-state index in [1.54, 1.807) is 6.08 Å². The summed E-state index contributed by atoms with van der Waals surface area (Å²) in [6.45, 7) is 26.4. The molecule has 0 saturated carbocycles. The van der Waals surface area contributed by atoms with Gasteiger partial charge in [0.25, 0.3) is 5.56 Å². The first-order chi connectivity index (χ1) is 14.4. The summed E-state index contributed by atoms with van der Waals surface area (Å²) < 4.78 is 21.3. The molecule has 0 bridgehead atoms. The third kappa shape index (κ3) is 5.44. The maximum Gasteiger partial charge on any atom is 0.330 e. The summed E-state index contributed by atoms with van der Waals surface area (Å²) in [5.74, 6) is 0. The Hall–Kier alpha value is -1.27. The van der Waals surface area contributed by atoms with Gasteiger partial charge in [0.1, 0.15) is 11.8 Å². The Morgan fingerprint density at radius 1 is 1.16 bits per heavy atom. The number of hydrogen-bond acceptors (Lipinski definition) is 5. The quantitative estimate of drug-likeness (QED) is 0.446. The van der Waals surface area contributed by atoms with Gasteiger partial charge in [-0.2, -0.15) is 0 Å². The van der Waals surface area contributed by atoms with Crippen LogP contribution in [0.1, 0.15) is 54.2 Å². The van der Waals surface area contributed by atoms with Crippen molar-refractivity contribution in [1.29, 1.82) is 0 Å². The van der Waals surface area contributed by atoms with Gasteiger partial charge in [-0.1, -0.05) is 47.6 Å². The lowest BCUT2D eigenvalue weighted by molar-refractivity contribution is -0.0921. The summed E-state index contributed by atoms with van der Waals surface area (Å²) in [6.07, 6.45) is 2.80. The smallest absolute Gasteiger partial charge is 0.330 e. The second kappa shape index (κ2) is 8.83. The molecule has 0 spiro atoms. The van der Waals surface area contributed by atoms with Crippen LogP contribution in [-0.4, -0.2) is 44.5 Å². The van der Waals surface area contributed by atoms with Crippen LogP contribution in [0.15, 0.2) is 34.5 Å². The fraction of sp³-hybridized carbons (Fsp3) is 0.739. The van der Waals surface area contributed by atoms with E-state index in [-0.39, 0.29) is 16.2 Å². The molecule has 1 N–H and O–H groups in total. The van der Waals surface area contributed by atoms with Crippen LogP contribution in [0.2, 0.25) is 36.3 Å². The highest BCUT2D eigenvalue weighted by Crippen LogP contribution is 2.46. The fourth-order valence-electron chi connectivity index (χ4n) is 3.14. The Morgan fingerprint density at radius 3 is 2.19 bits per heavy atom. The summed E-state index contributed by atoms with van der Waals surface area (Å²) in [5.41, 5.74) is -1.83. The molecule has 1 fully saturated rings. The first-order valence-electron chi connectivity index (χ1n) is 11.3. The van der Waals surface area contributed by atoms with Crippen molar-refractivity contribution in [1.82, 2.24) is 9.55 Å². The maximum absolute atomic E-state index is 12.5. The Kier molecular flexibility index (Phi) is 7.44. The van der Waals surface area contributed by atoms with Crippen LogP contribution in [-0.2, 0) is 13.6 Å². The number of H-pyrrole nitrogens is 1. The van der Waals surface area contributed by atoms with Gasteiger partial charge in [-0.3, -0.25) is 14.3 Å². The summed E-state index contributed by atoms with van der Waals surface area (Å²) >= 11 is 0. The van der Waals surface area contributed by atoms with Gasteiger partial charge in [0.05, 0.1) is 12.7 Å². The predicted molar refractivity (Wildman–Crippen MR) is 134 cm³/mol. The highest BCUT2D eigenvalue weighted by molar-refractivity contribution is 6.74. The third-order valence-corrected chi connectivity index (χ3v) is 16.5. The molecule has 1 saturated heterocycles. The molecule has 1 aliphatic heterocycles. The van der Waals surface area contributed by atoms with Gasteiger partial charge < -0.3 is 13.6 Å². The molecule has 32 heavy (non-hydrogen) atoms. The van der Waals surface area contributed by atoms with Gasteiger partial charge in [-0.05, 0) is 36.3 Å². The van der Waals surface area contributed by atoms with Crippen LogP contribution < -0.4 is 11.2 Å². The van der Waals surface area contributed by atoms with Gasteiger partial charge in [0.2, 0.25) is 0 Å². The lowest BCUT2D eigenvalue weighted by atomic mass is 9.98. The average molecular weight is 483 g/mol. The van der Waals surface area contributed by atoms with Crippen LogP contribution >= 0.6 is 0 Å². The molecule has 0 radical (unpaired) electrons. The SMILES string of the molecule is C=C[C@]1(CO[Si](C)(C)C(C)(C)C)O[C@@H](n2ccc(=O)[nH]c2=O)CC1O[Si](C)(C)C(C)(C)C. The highest BCUT2D eigenvalue weighted by atomic mass is 28.4. The second-order valence-corrected chi connectivity index (χ2v) is 21.5. The molecule has 1 aromatic rings. The van der Waals surface area contributed by atoms with Crippen molar-refractivity contribution < 1.29 is 13.6 Å². The number of ether oxygens (including phenoxy) is 1. The molecular weight excluding hydrogens is 440 g/mol. The van der Waals surface area contributed by atoms with Crippen LogP contribution in [0.3, 0.4) is 0 Å². The van der Waals surface area contributed by atoms with Gasteiger partial charge in [0.15, 0.2) is 16.6 Å². The standard InChI is InChI=1S/C23H42N2O5Si2/c1-12-23(16-28-31(8,9)21(2,3)4)17(30-32(10,11)22(5,6)7)15-19(29-23)25-14-13-18(26)24-20(25)27/h12-14,17,19H,1,15-16H2,2-11H3,(H,24,26,27)/t17?,19-,23-/m1/s1. The molecule has 1 unspecified atom stereocenters. The minimum absolute atomic E-state index is 0.00705. The molecule has 0 aliphatic carbocycles. The first-order valence-corrected chi connectivity index (χ1v) is 17.1. The van der Waals surface area contributed by atoms with E-state index in [0.717, 1.165) is 0 Å². The van der Waals surface area contributed by atoms with Crippen molar-refractivity contribution in [3.63, 3.8) is 0 Å². The summed E-state index contributed by atoms with van der Waals surface area (Å²) in [4.78, 5) is 26.3. The zero-order valence-corrected chi connectivity index (χ0v) is 23.5. The minimum atomic E-state index is -2.16. The summed E-state index contributed by atoms with van der Waals surface area (Å²) in [7, 11) is -4.23. The maximum atomic E-state index is 12.5. The van der Waals surface area contributed by atoms with Crippen molar-refractivity contribution in [3.8, 4) is 0 Å². The number of nitrogens with zero attached hydrogens (tertiary/aromatic N) is 1. The largest absolute Gasteiger partial charge is 0.413 e. The Balaban J connectivity index is 2.46. The molecule has 1 aliphatic rings. The van der Waals surface area contributed by atoms with E-state index in [0.29, 0.717) is 13.0 Å². The van der Waals surface area contributed by atoms with Crippen LogP contribution in [0.5, 0.6) is 0 Å². The molecule has 0 amide bonds. The average Bonchev–Trinajstić information content (AvgIpc) is 2.96. The van der Waals surface area contributed by atoms with E-state index in [4.69, 9.17) is 13.6 Å². The van der Waals surface area contributed by atoms with E-state index in [9.17, 15) is 9.59 Å². The summed E-state index contributed by atoms with van der Waals surface area (Å²) in [5, 5.41) is 0.0477. The first kappa shape index (κ1) is 27.0. The molecule has 9 heteroatoms. The van der Waals surface area contributed by atoms with Crippen LogP contribution in [0, 0.1) is 0 Å². The minimum Gasteiger partial charge on any atom is -0.413 e. The highest BCUT2D eigenvalue weighted by Gasteiger charge is 2.53. The van der Waals surface area contributed by atoms with E-state index in [2.05, 4.69) is 79.3 Å². The molecule has 7 nitrogen and oxygen atoms in total. The number of hydrogen-bond donors (Lipinski definition) is 1. The molecular formula is C23H42N2O5Si2. The van der Waals surface area contributed by atoms with Gasteiger partial charge >= 0.3 is 5.69 Å². The van der Waals surface area contributed by atoms with E-state index in [1.807, 2.05) is 0 Å². The number of rotatable bonds is 7. The van der Waals surface area contributed by atoms with Crippen molar-refractivity contribution in [2.75, 3.05) is 6.61 Å². The van der Waals surface area contributed by atoms with Gasteiger partial charge in [-0.25, -0.2) is 4.79 Å². The van der Waals surface area contributed by atoms with Crippen LogP contribution in [0.4, 0.5) is 0 Å². The molecule has 182 valence electrons. The zero-order valence-electron chi connectivity index (χ0n) is 21.5. The van der Waals surface area contributed by atoms with Crippen LogP contribution in [0.25, 0.3) is 0 Å². The number of nitrogens with one attached hydrogen (secondary N) is 1. The normalized spacial score (nSPS) is 25.2. The number of aromatic nitrogens is 2. The topological polar surface area (TPSA) is 82.5 Å². The Labute approximate surface area is 194 Å². The molecule has 0 aromatic carbocycles. The lowest BCUT2D eigenvalue weighted by Crippen LogP contribution is -2.54. The van der Waals surface area contributed by atoms with E-state index < -0.39 is 39.7 Å². The predicted octanol–water partition coefficient (Wildman–Crippen LogP) is 4.79. The Bertz CT molecular complexity index is 939. The van der Waals surface area contributed by atoms with Crippen molar-refractivity contribution in [2.45, 2.75) is 102 Å². The molecule has 3 atom stereocenters. The third-order valence-electron chi connectivity index (χ3n) is 7.53. The van der Waals surface area contributed by atoms with Crippen molar-refractivity contribution >= 4 is 16.6 Å². The lowest BCUT2D eigenvalue weighted by Gasteiger charge is -2.44. The monoisotopic (exact) mass is 482 g/mol. The van der Waals surface area contributed by atoms with E-state index in [1.165, 1.54) is 16.8 Å². The van der Waals surface area contributed by atoms with E-state index >= 15 is 0 Å². The number of aromatic amines is 1. The molecule has 2 rings (SSSR count). The van der Waals surface area contributed by atoms with Gasteiger partial charge in [0, 0.05) is 18.7 Å². The zero-order chi connectivity index (χ0) is 24.8. The summed E-state index contributed by atoms with van der Waals surface area (Å²) in [6, 6.07) is 1.33. The fourth-order valence-corrected chi connectivity index (χ4v) is 5.52. The molecule has 1 aromatic heterocycles. The second-order valence-electron chi connectivity index (χ2n) is 11.9.